The van der Waals surface area contributed by atoms with Crippen molar-refractivity contribution in [3.63, 3.8) is 0 Å². The predicted octanol–water partition coefficient (Wildman–Crippen LogP) is -1.23. The number of carboxylic acid groups (broad SMARTS) is 1. The van der Waals surface area contributed by atoms with E-state index in [4.69, 9.17) is 10.2 Å². The Labute approximate surface area is 71.6 Å². The maximum Gasteiger partial charge on any atom is 0.347 e. The van der Waals surface area contributed by atoms with E-state index in [0.29, 0.717) is 0 Å². The number of halogens is 1. The summed E-state index contributed by atoms with van der Waals surface area (Å²) in [6.45, 7) is 0. The van der Waals surface area contributed by atoms with Crippen molar-refractivity contribution in [2.24, 2.45) is 5.73 Å². The standard InChI is InChI=1S/C2H5NO3.ClH.Zr/c3-1(4)2(5)6;;/h1,4H,3H2,(H,5,6);1H;. The molecule has 0 saturated heterocycles. The molecule has 6 heteroatoms. The first kappa shape index (κ1) is 15.8. The van der Waals surface area contributed by atoms with Crippen LogP contribution in [0.2, 0.25) is 0 Å². The van der Waals surface area contributed by atoms with Crippen LogP contribution in [0.5, 0.6) is 0 Å². The molecule has 0 bridgehead atoms. The molecule has 1 unspecified atom stereocenters. The first-order valence-electron chi connectivity index (χ1n) is 1.31. The number of rotatable bonds is 1. The molecule has 0 aliphatic heterocycles. The minimum atomic E-state index is -1.73. The molecule has 0 amide bonds. The summed E-state index contributed by atoms with van der Waals surface area (Å²) in [7, 11) is 0. The van der Waals surface area contributed by atoms with Crippen molar-refractivity contribution in [3.8, 4) is 0 Å². The summed E-state index contributed by atoms with van der Waals surface area (Å²) in [5, 5.41) is 15.4. The quantitative estimate of drug-likeness (QED) is 0.482. The third-order valence-corrected chi connectivity index (χ3v) is 0.253. The predicted molar refractivity (Wildman–Crippen MR) is 25.1 cm³/mol. The molecule has 0 aliphatic rings. The molecule has 0 saturated carbocycles. The fourth-order valence-corrected chi connectivity index (χ4v) is 0. The van der Waals surface area contributed by atoms with Crippen molar-refractivity contribution < 1.29 is 41.2 Å². The average molecular weight is 219 g/mol. The van der Waals surface area contributed by atoms with Gasteiger partial charge in [-0.3, -0.25) is 5.73 Å². The van der Waals surface area contributed by atoms with Crippen LogP contribution in [0.15, 0.2) is 0 Å². The second kappa shape index (κ2) is 7.56. The molecule has 0 aromatic heterocycles. The molecule has 48 valence electrons. The molecule has 0 aromatic rings. The maximum absolute atomic E-state index is 9.32. The van der Waals surface area contributed by atoms with Crippen LogP contribution in [-0.4, -0.2) is 22.4 Å². The first-order chi connectivity index (χ1) is 2.64. The largest absolute Gasteiger partial charge is 0.478 e. The van der Waals surface area contributed by atoms with E-state index in [1.54, 1.807) is 0 Å². The molecule has 1 atom stereocenters. The van der Waals surface area contributed by atoms with E-state index in [-0.39, 0.29) is 38.6 Å². The van der Waals surface area contributed by atoms with Gasteiger partial charge in [-0.15, -0.1) is 12.4 Å². The number of hydrogen-bond donors (Lipinski definition) is 3. The monoisotopic (exact) mass is 217 g/mol. The molecule has 4 N–H and O–H groups in total. The Morgan fingerprint density at radius 2 is 1.75 bits per heavy atom. The van der Waals surface area contributed by atoms with Crippen LogP contribution < -0.4 is 5.73 Å². The van der Waals surface area contributed by atoms with Crippen LogP contribution in [0.1, 0.15) is 0 Å². The van der Waals surface area contributed by atoms with Crippen molar-refractivity contribution in [1.29, 1.82) is 0 Å². The van der Waals surface area contributed by atoms with Gasteiger partial charge in [-0.25, -0.2) is 4.79 Å². The Hall–Kier alpha value is 0.563. The van der Waals surface area contributed by atoms with E-state index < -0.39 is 12.2 Å². The summed E-state index contributed by atoms with van der Waals surface area (Å²) in [6.07, 6.45) is -1.73. The Morgan fingerprint density at radius 1 is 1.62 bits per heavy atom. The zero-order valence-corrected chi connectivity index (χ0v) is 7.14. The minimum Gasteiger partial charge on any atom is -0.478 e. The molecule has 0 heterocycles. The van der Waals surface area contributed by atoms with Crippen molar-refractivity contribution in [1.82, 2.24) is 0 Å². The van der Waals surface area contributed by atoms with E-state index in [0.717, 1.165) is 0 Å². The second-order valence-electron chi connectivity index (χ2n) is 0.783. The number of carbonyl (C=O) groups is 1. The molecule has 0 spiro atoms. The molecule has 0 aliphatic carbocycles. The van der Waals surface area contributed by atoms with Crippen LogP contribution in [0.4, 0.5) is 0 Å². The van der Waals surface area contributed by atoms with E-state index in [1.807, 2.05) is 0 Å². The normalized spacial score (nSPS) is 10.2. The van der Waals surface area contributed by atoms with Gasteiger partial charge >= 0.3 is 5.97 Å². The van der Waals surface area contributed by atoms with Crippen molar-refractivity contribution in [3.05, 3.63) is 0 Å². The van der Waals surface area contributed by atoms with Crippen molar-refractivity contribution >= 4 is 18.4 Å². The summed E-state index contributed by atoms with van der Waals surface area (Å²) in [5.41, 5.74) is 4.39. The van der Waals surface area contributed by atoms with E-state index in [2.05, 4.69) is 5.73 Å². The van der Waals surface area contributed by atoms with Gasteiger partial charge < -0.3 is 10.2 Å². The van der Waals surface area contributed by atoms with Gasteiger partial charge in [0.2, 0.25) is 6.23 Å². The van der Waals surface area contributed by atoms with Gasteiger partial charge in [0.15, 0.2) is 0 Å². The molecule has 0 aromatic carbocycles. The molecule has 0 rings (SSSR count). The van der Waals surface area contributed by atoms with Gasteiger partial charge in [0, 0.05) is 26.2 Å². The Balaban J connectivity index is -0.000000125. The number of aliphatic hydroxyl groups excluding tert-OH is 1. The summed E-state index contributed by atoms with van der Waals surface area (Å²) in [6, 6.07) is 0. The smallest absolute Gasteiger partial charge is 0.347 e. The summed E-state index contributed by atoms with van der Waals surface area (Å²) < 4.78 is 0. The summed E-state index contributed by atoms with van der Waals surface area (Å²) in [4.78, 5) is 9.32. The number of nitrogens with two attached hydrogens (primary N) is 1. The molecule has 8 heavy (non-hydrogen) atoms. The van der Waals surface area contributed by atoms with Gasteiger partial charge in [0.05, 0.1) is 0 Å². The van der Waals surface area contributed by atoms with E-state index in [9.17, 15) is 4.79 Å². The zero-order valence-electron chi connectivity index (χ0n) is 3.87. The van der Waals surface area contributed by atoms with Gasteiger partial charge in [0.25, 0.3) is 0 Å². The van der Waals surface area contributed by atoms with Crippen LogP contribution >= 0.6 is 12.4 Å². The fraction of sp³-hybridized carbons (Fsp3) is 0.500. The van der Waals surface area contributed by atoms with Gasteiger partial charge in [-0.2, -0.15) is 0 Å². The maximum atomic E-state index is 9.32. The van der Waals surface area contributed by atoms with Crippen LogP contribution in [-0.2, 0) is 31.0 Å². The van der Waals surface area contributed by atoms with Gasteiger partial charge in [0.1, 0.15) is 0 Å². The summed E-state index contributed by atoms with van der Waals surface area (Å²) in [5.74, 6) is -1.41. The van der Waals surface area contributed by atoms with E-state index >= 15 is 0 Å². The number of hydrogen-bond acceptors (Lipinski definition) is 3. The zero-order chi connectivity index (χ0) is 5.15. The Bertz CT molecular complexity index is 68.3. The third kappa shape index (κ3) is 9.75. The SMILES string of the molecule is Cl.NC(O)C(=O)O.[Zr]. The fourth-order valence-electron chi connectivity index (χ4n) is 0. The van der Waals surface area contributed by atoms with Gasteiger partial charge in [-0.1, -0.05) is 0 Å². The van der Waals surface area contributed by atoms with Crippen LogP contribution in [0.25, 0.3) is 0 Å². The van der Waals surface area contributed by atoms with Crippen LogP contribution in [0.3, 0.4) is 0 Å². The Kier molecular flexibility index (Phi) is 15.0. The third-order valence-electron chi connectivity index (χ3n) is 0.253. The molecule has 0 fully saturated rings. The topological polar surface area (TPSA) is 83.5 Å². The van der Waals surface area contributed by atoms with Crippen molar-refractivity contribution in [2.45, 2.75) is 6.23 Å². The minimum absolute atomic E-state index is 0. The molecular weight excluding hydrogens is 213 g/mol. The first-order valence-corrected chi connectivity index (χ1v) is 1.31. The summed E-state index contributed by atoms with van der Waals surface area (Å²) >= 11 is 0. The average Bonchev–Trinajstić information content (AvgIpc) is 1.36. The molecule has 0 radical (unpaired) electrons. The number of aliphatic carboxylic acids is 1. The van der Waals surface area contributed by atoms with Crippen LogP contribution in [0, 0.1) is 0 Å². The molecule has 4 nitrogen and oxygen atoms in total. The van der Waals surface area contributed by atoms with E-state index in [1.165, 1.54) is 0 Å². The van der Waals surface area contributed by atoms with Gasteiger partial charge in [-0.05, 0) is 0 Å². The molecular formula is C2H6ClNO3Zr. The number of aliphatic hydroxyl groups is 1. The number of carboxylic acids is 1. The Morgan fingerprint density at radius 3 is 1.75 bits per heavy atom. The van der Waals surface area contributed by atoms with Crippen molar-refractivity contribution in [2.75, 3.05) is 0 Å². The second-order valence-corrected chi connectivity index (χ2v) is 0.783.